The molecule has 0 saturated carbocycles. The van der Waals surface area contributed by atoms with Gasteiger partial charge in [0.05, 0.1) is 6.61 Å². The van der Waals surface area contributed by atoms with E-state index in [0.717, 1.165) is 0 Å². The second-order valence-corrected chi connectivity index (χ2v) is 1.28. The average Bonchev–Trinajstić information content (AvgIpc) is 1.67. The third-order valence-corrected chi connectivity index (χ3v) is 0.563. The van der Waals surface area contributed by atoms with E-state index in [1.807, 2.05) is 0 Å². The molecule has 0 bridgehead atoms. The zero-order chi connectivity index (χ0) is 6.57. The molecule has 0 aromatic heterocycles. The van der Waals surface area contributed by atoms with Crippen molar-refractivity contribution in [1.82, 2.24) is 0 Å². The van der Waals surface area contributed by atoms with Gasteiger partial charge < -0.3 is 15.7 Å². The van der Waals surface area contributed by atoms with E-state index in [-0.39, 0.29) is 17.6 Å². The number of carbonyl (C=O) groups excluding carboxylic acids is 2. The van der Waals surface area contributed by atoms with E-state index in [9.17, 15) is 9.59 Å². The van der Waals surface area contributed by atoms with Crippen molar-refractivity contribution in [2.45, 2.75) is 13.8 Å². The maximum absolute atomic E-state index is 10.2. The highest BCUT2D eigenvalue weighted by molar-refractivity contribution is 6.32. The third kappa shape index (κ3) is 7.06. The van der Waals surface area contributed by atoms with Crippen LogP contribution in [0.5, 0.6) is 0 Å². The van der Waals surface area contributed by atoms with Gasteiger partial charge in [0.15, 0.2) is 0 Å². The molecule has 0 heterocycles. The van der Waals surface area contributed by atoms with Crippen LogP contribution in [0.2, 0.25) is 0 Å². The molecule has 5 heteroatoms. The van der Waals surface area contributed by atoms with Crippen LogP contribution in [0.25, 0.3) is 0 Å². The van der Waals surface area contributed by atoms with Gasteiger partial charge in [-0.25, -0.2) is 4.79 Å². The summed E-state index contributed by atoms with van der Waals surface area (Å²) in [7, 11) is 0. The van der Waals surface area contributed by atoms with E-state index in [0.29, 0.717) is 0 Å². The van der Waals surface area contributed by atoms with E-state index in [2.05, 4.69) is 4.74 Å². The molecule has 0 spiro atoms. The summed E-state index contributed by atoms with van der Waals surface area (Å²) in [5.41, 5.74) is 0. The van der Waals surface area contributed by atoms with Gasteiger partial charge in [-0.05, 0) is 6.92 Å². The Morgan fingerprint density at radius 2 is 1.70 bits per heavy atom. The largest absolute Gasteiger partial charge is 0.460 e. The first-order valence-corrected chi connectivity index (χ1v) is 2.36. The van der Waals surface area contributed by atoms with Crippen LogP contribution >= 0.6 is 0 Å². The molecule has 0 aliphatic carbocycles. The van der Waals surface area contributed by atoms with E-state index < -0.39 is 11.8 Å². The Labute approximate surface area is 58.6 Å². The Balaban J connectivity index is -0.000000245. The van der Waals surface area contributed by atoms with Crippen molar-refractivity contribution in [3.8, 4) is 0 Å². The zero-order valence-electron chi connectivity index (χ0n) is 5.93. The first-order chi connectivity index (χ1) is 3.68. The van der Waals surface area contributed by atoms with Crippen molar-refractivity contribution in [2.75, 3.05) is 6.61 Å². The van der Waals surface area contributed by atoms with Gasteiger partial charge in [0.2, 0.25) is 5.78 Å². The standard InChI is InChI=1S/C5H8O3.2H2O/c1-3-8-5(7)4(2)6;;/h3H2,1-2H3;2*1H2. The van der Waals surface area contributed by atoms with Crippen LogP contribution in [-0.2, 0) is 14.3 Å². The number of ether oxygens (including phenoxy) is 1. The Morgan fingerprint density at radius 1 is 1.30 bits per heavy atom. The highest BCUT2D eigenvalue weighted by Crippen LogP contribution is 1.77. The van der Waals surface area contributed by atoms with Crippen molar-refractivity contribution >= 4 is 11.8 Å². The maximum Gasteiger partial charge on any atom is 0.374 e. The van der Waals surface area contributed by atoms with Gasteiger partial charge in [0.1, 0.15) is 0 Å². The molecular formula is C5H12O5. The van der Waals surface area contributed by atoms with Crippen molar-refractivity contribution in [2.24, 2.45) is 0 Å². The Bertz CT molecular complexity index is 109. The van der Waals surface area contributed by atoms with Crippen molar-refractivity contribution in [1.29, 1.82) is 0 Å². The fourth-order valence-electron chi connectivity index (χ4n) is 0.233. The summed E-state index contributed by atoms with van der Waals surface area (Å²) >= 11 is 0. The van der Waals surface area contributed by atoms with Gasteiger partial charge >= 0.3 is 5.97 Å². The number of esters is 1. The van der Waals surface area contributed by atoms with E-state index >= 15 is 0 Å². The third-order valence-electron chi connectivity index (χ3n) is 0.563. The van der Waals surface area contributed by atoms with Gasteiger partial charge in [-0.2, -0.15) is 0 Å². The first kappa shape index (κ1) is 16.0. The Morgan fingerprint density at radius 3 is 1.80 bits per heavy atom. The SMILES string of the molecule is CCOC(=O)C(C)=O.O.O. The summed E-state index contributed by atoms with van der Waals surface area (Å²) in [4.78, 5) is 20.2. The number of carbonyl (C=O) groups is 2. The lowest BCUT2D eigenvalue weighted by atomic mass is 10.5. The van der Waals surface area contributed by atoms with Crippen LogP contribution < -0.4 is 0 Å². The lowest BCUT2D eigenvalue weighted by Gasteiger charge is -1.93. The molecule has 62 valence electrons. The fourth-order valence-corrected chi connectivity index (χ4v) is 0.233. The summed E-state index contributed by atoms with van der Waals surface area (Å²) in [6, 6.07) is 0. The summed E-state index contributed by atoms with van der Waals surface area (Å²) < 4.78 is 4.31. The van der Waals surface area contributed by atoms with Crippen LogP contribution in [-0.4, -0.2) is 29.3 Å². The highest BCUT2D eigenvalue weighted by Gasteiger charge is 2.05. The molecule has 4 N–H and O–H groups in total. The highest BCUT2D eigenvalue weighted by atomic mass is 16.5. The lowest BCUT2D eigenvalue weighted by molar-refractivity contribution is -0.152. The predicted molar refractivity (Wildman–Crippen MR) is 34.5 cm³/mol. The lowest BCUT2D eigenvalue weighted by Crippen LogP contribution is -2.12. The van der Waals surface area contributed by atoms with Crippen LogP contribution in [0.15, 0.2) is 0 Å². The normalized spacial score (nSPS) is 6.60. The minimum Gasteiger partial charge on any atom is -0.460 e. The molecule has 0 aromatic carbocycles. The van der Waals surface area contributed by atoms with Crippen LogP contribution in [0.1, 0.15) is 13.8 Å². The average molecular weight is 152 g/mol. The molecule has 0 amide bonds. The van der Waals surface area contributed by atoms with Crippen molar-refractivity contribution < 1.29 is 25.3 Å². The topological polar surface area (TPSA) is 106 Å². The van der Waals surface area contributed by atoms with Crippen LogP contribution in [0.3, 0.4) is 0 Å². The Kier molecular flexibility index (Phi) is 12.9. The second-order valence-electron chi connectivity index (χ2n) is 1.28. The molecule has 0 aromatic rings. The summed E-state index contributed by atoms with van der Waals surface area (Å²) in [6.45, 7) is 3.09. The Hall–Kier alpha value is -0.940. The van der Waals surface area contributed by atoms with Crippen LogP contribution in [0.4, 0.5) is 0 Å². The van der Waals surface area contributed by atoms with Gasteiger partial charge in [0, 0.05) is 6.92 Å². The molecule has 0 saturated heterocycles. The van der Waals surface area contributed by atoms with Crippen molar-refractivity contribution in [3.05, 3.63) is 0 Å². The van der Waals surface area contributed by atoms with E-state index in [1.54, 1.807) is 6.92 Å². The summed E-state index contributed by atoms with van der Waals surface area (Å²) in [5.74, 6) is -1.31. The molecule has 0 unspecified atom stereocenters. The predicted octanol–water partition coefficient (Wildman–Crippen LogP) is -1.51. The van der Waals surface area contributed by atoms with Gasteiger partial charge in [0.25, 0.3) is 0 Å². The molecule has 10 heavy (non-hydrogen) atoms. The van der Waals surface area contributed by atoms with Crippen LogP contribution in [0, 0.1) is 0 Å². The van der Waals surface area contributed by atoms with Gasteiger partial charge in [-0.1, -0.05) is 0 Å². The number of hydrogen-bond acceptors (Lipinski definition) is 3. The molecule has 0 aliphatic heterocycles. The molecule has 0 radical (unpaired) electrons. The molecule has 5 nitrogen and oxygen atoms in total. The van der Waals surface area contributed by atoms with Gasteiger partial charge in [-0.15, -0.1) is 0 Å². The molecule has 0 fully saturated rings. The van der Waals surface area contributed by atoms with E-state index in [4.69, 9.17) is 0 Å². The number of rotatable bonds is 2. The zero-order valence-corrected chi connectivity index (χ0v) is 5.93. The number of ketones is 1. The second kappa shape index (κ2) is 8.06. The molecule has 0 rings (SSSR count). The summed E-state index contributed by atoms with van der Waals surface area (Å²) in [6.07, 6.45) is 0. The summed E-state index contributed by atoms with van der Waals surface area (Å²) in [5, 5.41) is 0. The minimum atomic E-state index is -0.757. The quantitative estimate of drug-likeness (QED) is 0.354. The molecular weight excluding hydrogens is 140 g/mol. The monoisotopic (exact) mass is 152 g/mol. The molecule has 0 aliphatic rings. The van der Waals surface area contributed by atoms with E-state index in [1.165, 1.54) is 6.92 Å². The first-order valence-electron chi connectivity index (χ1n) is 2.36. The van der Waals surface area contributed by atoms with Gasteiger partial charge in [-0.3, -0.25) is 4.79 Å². The fraction of sp³-hybridized carbons (Fsp3) is 0.600. The smallest absolute Gasteiger partial charge is 0.374 e. The number of hydrogen-bond donors (Lipinski definition) is 0. The molecule has 0 atom stereocenters. The maximum atomic E-state index is 10.2. The number of Topliss-reactive ketones (excluding diaryl/α,β-unsaturated/α-hetero) is 1. The van der Waals surface area contributed by atoms with Crippen molar-refractivity contribution in [3.63, 3.8) is 0 Å². The minimum absolute atomic E-state index is 0.